The van der Waals surface area contributed by atoms with E-state index in [0.717, 1.165) is 14.9 Å². The Morgan fingerprint density at radius 3 is 2.39 bits per heavy atom. The molecule has 0 aliphatic rings. The number of carbonyl (C=O) groups is 1. The topological polar surface area (TPSA) is 46.5 Å². The standard InChI is InChI=1S/C14H11IO3/c1-9-8-11(15)4-7-13(9)18-12-5-2-10(3-6-12)14(16)17/h2-8H,1H3,(H,16,17). The average Bonchev–Trinajstić information content (AvgIpc) is 2.33. The molecule has 2 rings (SSSR count). The molecule has 0 fully saturated rings. The average molecular weight is 354 g/mol. The molecule has 0 radical (unpaired) electrons. The van der Waals surface area contributed by atoms with Crippen molar-refractivity contribution in [3.05, 3.63) is 57.2 Å². The fourth-order valence-corrected chi connectivity index (χ4v) is 2.17. The van der Waals surface area contributed by atoms with Gasteiger partial charge in [-0.3, -0.25) is 0 Å². The van der Waals surface area contributed by atoms with Gasteiger partial charge in [-0.1, -0.05) is 0 Å². The maximum atomic E-state index is 10.7. The molecule has 3 nitrogen and oxygen atoms in total. The van der Waals surface area contributed by atoms with E-state index in [1.807, 2.05) is 25.1 Å². The molecule has 92 valence electrons. The highest BCUT2D eigenvalue weighted by Gasteiger charge is 2.04. The van der Waals surface area contributed by atoms with Crippen molar-refractivity contribution in [3.8, 4) is 11.5 Å². The van der Waals surface area contributed by atoms with Crippen molar-refractivity contribution in [3.63, 3.8) is 0 Å². The molecule has 2 aromatic carbocycles. The van der Waals surface area contributed by atoms with E-state index in [0.29, 0.717) is 5.75 Å². The lowest BCUT2D eigenvalue weighted by Gasteiger charge is -2.09. The molecule has 0 spiro atoms. The predicted octanol–water partition coefficient (Wildman–Crippen LogP) is 4.09. The van der Waals surface area contributed by atoms with E-state index in [1.165, 1.54) is 12.1 Å². The monoisotopic (exact) mass is 354 g/mol. The van der Waals surface area contributed by atoms with Crippen LogP contribution >= 0.6 is 22.6 Å². The Kier molecular flexibility index (Phi) is 3.86. The van der Waals surface area contributed by atoms with Crippen molar-refractivity contribution in [1.82, 2.24) is 0 Å². The minimum atomic E-state index is -0.938. The lowest BCUT2D eigenvalue weighted by atomic mass is 10.2. The van der Waals surface area contributed by atoms with Crippen molar-refractivity contribution in [2.75, 3.05) is 0 Å². The van der Waals surface area contributed by atoms with Gasteiger partial charge in [0.05, 0.1) is 5.56 Å². The molecule has 0 saturated carbocycles. The van der Waals surface area contributed by atoms with Gasteiger partial charge in [-0.05, 0) is 77.5 Å². The number of halogens is 1. The van der Waals surface area contributed by atoms with E-state index >= 15 is 0 Å². The number of hydrogen-bond acceptors (Lipinski definition) is 2. The second-order valence-electron chi connectivity index (χ2n) is 3.84. The largest absolute Gasteiger partial charge is 0.478 e. The normalized spacial score (nSPS) is 10.1. The highest BCUT2D eigenvalue weighted by atomic mass is 127. The van der Waals surface area contributed by atoms with Crippen LogP contribution in [0.15, 0.2) is 42.5 Å². The first kappa shape index (κ1) is 12.9. The first-order valence-electron chi connectivity index (χ1n) is 5.33. The third kappa shape index (κ3) is 3.01. The van der Waals surface area contributed by atoms with Crippen molar-refractivity contribution in [2.24, 2.45) is 0 Å². The molecule has 0 atom stereocenters. The van der Waals surface area contributed by atoms with Gasteiger partial charge in [-0.15, -0.1) is 0 Å². The third-order valence-corrected chi connectivity index (χ3v) is 3.14. The van der Waals surface area contributed by atoms with E-state index in [4.69, 9.17) is 9.84 Å². The van der Waals surface area contributed by atoms with Gasteiger partial charge >= 0.3 is 5.97 Å². The van der Waals surface area contributed by atoms with Crippen LogP contribution in [0.4, 0.5) is 0 Å². The molecule has 18 heavy (non-hydrogen) atoms. The van der Waals surface area contributed by atoms with Crippen LogP contribution in [-0.2, 0) is 0 Å². The van der Waals surface area contributed by atoms with Crippen LogP contribution in [0, 0.1) is 10.5 Å². The Morgan fingerprint density at radius 1 is 1.17 bits per heavy atom. The minimum absolute atomic E-state index is 0.252. The SMILES string of the molecule is Cc1cc(I)ccc1Oc1ccc(C(=O)O)cc1. The van der Waals surface area contributed by atoms with Gasteiger partial charge in [0.25, 0.3) is 0 Å². The van der Waals surface area contributed by atoms with Crippen LogP contribution < -0.4 is 4.74 Å². The predicted molar refractivity (Wildman–Crippen MR) is 77.4 cm³/mol. The molecule has 0 heterocycles. The molecule has 0 saturated heterocycles. The molecule has 0 aromatic heterocycles. The number of carboxylic acids is 1. The van der Waals surface area contributed by atoms with Crippen molar-refractivity contribution in [1.29, 1.82) is 0 Å². The van der Waals surface area contributed by atoms with E-state index in [2.05, 4.69) is 22.6 Å². The fraction of sp³-hybridized carbons (Fsp3) is 0.0714. The summed E-state index contributed by atoms with van der Waals surface area (Å²) in [5, 5.41) is 8.80. The number of aryl methyl sites for hydroxylation is 1. The number of hydrogen-bond donors (Lipinski definition) is 1. The molecule has 4 heteroatoms. The zero-order chi connectivity index (χ0) is 13.1. The number of aromatic carboxylic acids is 1. The van der Waals surface area contributed by atoms with Crippen molar-refractivity contribution >= 4 is 28.6 Å². The highest BCUT2D eigenvalue weighted by molar-refractivity contribution is 14.1. The summed E-state index contributed by atoms with van der Waals surface area (Å²) >= 11 is 2.24. The zero-order valence-corrected chi connectivity index (χ0v) is 11.8. The summed E-state index contributed by atoms with van der Waals surface area (Å²) < 4.78 is 6.85. The highest BCUT2D eigenvalue weighted by Crippen LogP contribution is 2.26. The summed E-state index contributed by atoms with van der Waals surface area (Å²) in [6, 6.07) is 12.3. The Labute approximate surface area is 119 Å². The Morgan fingerprint density at radius 2 is 1.83 bits per heavy atom. The van der Waals surface area contributed by atoms with Crippen LogP contribution in [0.5, 0.6) is 11.5 Å². The van der Waals surface area contributed by atoms with Gasteiger partial charge in [-0.25, -0.2) is 4.79 Å². The lowest BCUT2D eigenvalue weighted by molar-refractivity contribution is 0.0697. The van der Waals surface area contributed by atoms with E-state index < -0.39 is 5.97 Å². The molecule has 1 N–H and O–H groups in total. The molecule has 2 aromatic rings. The molecule has 0 aliphatic heterocycles. The Hall–Kier alpha value is -1.56. The summed E-state index contributed by atoms with van der Waals surface area (Å²) in [6.45, 7) is 1.98. The minimum Gasteiger partial charge on any atom is -0.478 e. The number of carboxylic acid groups (broad SMARTS) is 1. The van der Waals surface area contributed by atoms with Crippen LogP contribution in [-0.4, -0.2) is 11.1 Å². The molecular weight excluding hydrogens is 343 g/mol. The van der Waals surface area contributed by atoms with Gasteiger partial charge in [0.1, 0.15) is 11.5 Å². The van der Waals surface area contributed by atoms with Crippen LogP contribution in [0.1, 0.15) is 15.9 Å². The van der Waals surface area contributed by atoms with E-state index in [-0.39, 0.29) is 5.56 Å². The molecule has 0 bridgehead atoms. The first-order valence-corrected chi connectivity index (χ1v) is 6.41. The molecule has 0 aliphatic carbocycles. The second kappa shape index (κ2) is 5.39. The van der Waals surface area contributed by atoms with Crippen molar-refractivity contribution < 1.29 is 14.6 Å². The zero-order valence-electron chi connectivity index (χ0n) is 9.68. The lowest BCUT2D eigenvalue weighted by Crippen LogP contribution is -1.95. The van der Waals surface area contributed by atoms with Gasteiger partial charge in [0, 0.05) is 3.57 Å². The first-order chi connectivity index (χ1) is 8.56. The van der Waals surface area contributed by atoms with E-state index in [1.54, 1.807) is 12.1 Å². The molecule has 0 amide bonds. The Bertz CT molecular complexity index is 576. The summed E-state index contributed by atoms with van der Waals surface area (Å²) in [5.74, 6) is 0.467. The van der Waals surface area contributed by atoms with E-state index in [9.17, 15) is 4.79 Å². The summed E-state index contributed by atoms with van der Waals surface area (Å²) in [4.78, 5) is 10.7. The number of benzene rings is 2. The molecule has 0 unspecified atom stereocenters. The summed E-state index contributed by atoms with van der Waals surface area (Å²) in [5.41, 5.74) is 1.30. The maximum absolute atomic E-state index is 10.7. The quantitative estimate of drug-likeness (QED) is 0.845. The van der Waals surface area contributed by atoms with Gasteiger partial charge in [0.2, 0.25) is 0 Å². The van der Waals surface area contributed by atoms with Crippen LogP contribution in [0.2, 0.25) is 0 Å². The smallest absolute Gasteiger partial charge is 0.335 e. The van der Waals surface area contributed by atoms with Gasteiger partial charge in [-0.2, -0.15) is 0 Å². The maximum Gasteiger partial charge on any atom is 0.335 e. The summed E-state index contributed by atoms with van der Waals surface area (Å²) in [6.07, 6.45) is 0. The Balaban J connectivity index is 2.21. The van der Waals surface area contributed by atoms with Crippen molar-refractivity contribution in [2.45, 2.75) is 6.92 Å². The van der Waals surface area contributed by atoms with Gasteiger partial charge < -0.3 is 9.84 Å². The third-order valence-electron chi connectivity index (χ3n) is 2.47. The van der Waals surface area contributed by atoms with Crippen LogP contribution in [0.3, 0.4) is 0 Å². The fourth-order valence-electron chi connectivity index (χ4n) is 1.52. The van der Waals surface area contributed by atoms with Gasteiger partial charge in [0.15, 0.2) is 0 Å². The number of ether oxygens (including phenoxy) is 1. The summed E-state index contributed by atoms with van der Waals surface area (Å²) in [7, 11) is 0. The molecular formula is C14H11IO3. The van der Waals surface area contributed by atoms with Crippen LogP contribution in [0.25, 0.3) is 0 Å². The number of rotatable bonds is 3. The second-order valence-corrected chi connectivity index (χ2v) is 5.09.